The molecule has 2 aliphatic heterocycles. The van der Waals surface area contributed by atoms with Crippen molar-refractivity contribution in [1.82, 2.24) is 20.2 Å². The molecule has 1 saturated heterocycles. The lowest BCUT2D eigenvalue weighted by Gasteiger charge is -2.35. The largest absolute Gasteiger partial charge is 0.480 e. The van der Waals surface area contributed by atoms with Crippen molar-refractivity contribution in [1.29, 1.82) is 0 Å². The van der Waals surface area contributed by atoms with Crippen LogP contribution in [0.25, 0.3) is 11.0 Å². The zero-order valence-corrected chi connectivity index (χ0v) is 23.6. The van der Waals surface area contributed by atoms with Gasteiger partial charge in [-0.25, -0.2) is 19.6 Å². The number of fused-ring (bicyclic) bond motifs is 5. The number of alkyl halides is 2. The molecule has 1 aromatic heterocycles. The number of ether oxygens (including phenoxy) is 3. The van der Waals surface area contributed by atoms with Gasteiger partial charge >= 0.3 is 18.0 Å². The highest BCUT2D eigenvalue weighted by Gasteiger charge is 2.47. The molecule has 1 aliphatic carbocycles. The van der Waals surface area contributed by atoms with Crippen LogP contribution in [0.2, 0.25) is 0 Å². The van der Waals surface area contributed by atoms with Gasteiger partial charge in [0.2, 0.25) is 11.8 Å². The first-order valence-electron chi connectivity index (χ1n) is 13.9. The van der Waals surface area contributed by atoms with Gasteiger partial charge in [-0.2, -0.15) is 8.78 Å². The van der Waals surface area contributed by atoms with Crippen LogP contribution in [0, 0.1) is 5.41 Å². The molecule has 5 rings (SSSR count). The van der Waals surface area contributed by atoms with Gasteiger partial charge < -0.3 is 29.5 Å². The first-order valence-corrected chi connectivity index (χ1v) is 13.9. The number of carbonyl (C=O) groups is 3. The number of alkyl carbamates (subject to hydrolysis) is 1. The number of benzene rings is 1. The highest BCUT2D eigenvalue weighted by atomic mass is 19.3. The average molecular weight is 589 g/mol. The van der Waals surface area contributed by atoms with E-state index in [1.807, 2.05) is 0 Å². The molecule has 2 bridgehead atoms. The molecule has 1 saturated carbocycles. The molecule has 2 fully saturated rings. The normalized spacial score (nSPS) is 29.4. The van der Waals surface area contributed by atoms with E-state index in [2.05, 4.69) is 15.3 Å². The van der Waals surface area contributed by atoms with Crippen molar-refractivity contribution < 1.29 is 42.5 Å². The van der Waals surface area contributed by atoms with Crippen molar-refractivity contribution in [2.45, 2.75) is 82.8 Å². The minimum Gasteiger partial charge on any atom is -0.480 e. The Labute approximate surface area is 241 Å². The fourth-order valence-corrected chi connectivity index (χ4v) is 5.58. The lowest BCUT2D eigenvalue weighted by molar-refractivity contribution is -0.150. The number of carbonyl (C=O) groups excluding carboxylic acids is 2. The molecule has 0 spiro atoms. The van der Waals surface area contributed by atoms with Crippen LogP contribution in [0.3, 0.4) is 0 Å². The van der Waals surface area contributed by atoms with Gasteiger partial charge in [0.1, 0.15) is 24.3 Å². The van der Waals surface area contributed by atoms with E-state index in [1.54, 1.807) is 45.0 Å². The number of carboxylic acid groups (broad SMARTS) is 1. The van der Waals surface area contributed by atoms with E-state index in [0.717, 1.165) is 4.90 Å². The van der Waals surface area contributed by atoms with Gasteiger partial charge in [-0.3, -0.25) is 4.79 Å². The van der Waals surface area contributed by atoms with E-state index >= 15 is 8.78 Å². The molecule has 226 valence electrons. The molecule has 11 nitrogen and oxygen atoms in total. The Morgan fingerprint density at radius 2 is 1.79 bits per heavy atom. The first kappa shape index (κ1) is 29.6. The van der Waals surface area contributed by atoms with Gasteiger partial charge in [0.25, 0.3) is 0 Å². The van der Waals surface area contributed by atoms with E-state index in [-0.39, 0.29) is 25.1 Å². The fourth-order valence-electron chi connectivity index (χ4n) is 5.58. The van der Waals surface area contributed by atoms with Crippen LogP contribution < -0.4 is 10.1 Å². The van der Waals surface area contributed by atoms with Gasteiger partial charge in [-0.05, 0) is 42.9 Å². The summed E-state index contributed by atoms with van der Waals surface area (Å²) in [6.45, 7) is 4.80. The molecule has 0 radical (unpaired) electrons. The number of nitrogens with zero attached hydrogens (tertiary/aromatic N) is 3. The molecule has 2 amide bonds. The van der Waals surface area contributed by atoms with Crippen LogP contribution >= 0.6 is 0 Å². The number of carboxylic acids is 1. The van der Waals surface area contributed by atoms with Crippen molar-refractivity contribution in [3.8, 4) is 5.88 Å². The maximum atomic E-state index is 15.6. The highest BCUT2D eigenvalue weighted by Crippen LogP contribution is 2.37. The number of nitrogens with one attached hydrogen (secondary N) is 1. The van der Waals surface area contributed by atoms with Crippen LogP contribution in [0.15, 0.2) is 36.4 Å². The SMILES string of the molecule is CC(C)(C)[C@@H]1NC(=O)O[C@@H]2CCC[C@H]2OC/C=C\C(F)(F)c2nc3ccccc3nc2O[C@@H]2C[C@@H](C(=O)O)N(C2)C1=O. The third-order valence-electron chi connectivity index (χ3n) is 7.72. The summed E-state index contributed by atoms with van der Waals surface area (Å²) in [7, 11) is 0. The van der Waals surface area contributed by atoms with Crippen molar-refractivity contribution >= 4 is 29.0 Å². The molecule has 2 N–H and O–H groups in total. The van der Waals surface area contributed by atoms with Crippen LogP contribution in [-0.4, -0.2) is 81.5 Å². The molecule has 0 unspecified atom stereocenters. The molecule has 1 aromatic carbocycles. The molecule has 2 aromatic rings. The summed E-state index contributed by atoms with van der Waals surface area (Å²) < 4.78 is 48.5. The third kappa shape index (κ3) is 6.15. The Morgan fingerprint density at radius 3 is 2.48 bits per heavy atom. The lowest BCUT2D eigenvalue weighted by atomic mass is 9.85. The van der Waals surface area contributed by atoms with E-state index in [9.17, 15) is 19.5 Å². The quantitative estimate of drug-likeness (QED) is 0.476. The number of halogens is 2. The van der Waals surface area contributed by atoms with E-state index < -0.39 is 71.3 Å². The van der Waals surface area contributed by atoms with E-state index in [4.69, 9.17) is 14.2 Å². The van der Waals surface area contributed by atoms with Crippen molar-refractivity contribution in [3.63, 3.8) is 0 Å². The minimum absolute atomic E-state index is 0.167. The number of hydrogen-bond acceptors (Lipinski definition) is 8. The summed E-state index contributed by atoms with van der Waals surface area (Å²) in [6, 6.07) is 4.01. The van der Waals surface area contributed by atoms with Gasteiger partial charge in [-0.1, -0.05) is 39.0 Å². The summed E-state index contributed by atoms with van der Waals surface area (Å²) in [6.07, 6.45) is 0.419. The second-order valence-corrected chi connectivity index (χ2v) is 11.9. The topological polar surface area (TPSA) is 140 Å². The number of para-hydroxylation sites is 2. The van der Waals surface area contributed by atoms with Crippen LogP contribution in [0.4, 0.5) is 13.6 Å². The molecular weight excluding hydrogens is 554 g/mol. The molecule has 3 heterocycles. The maximum Gasteiger partial charge on any atom is 0.408 e. The monoisotopic (exact) mass is 588 g/mol. The number of rotatable bonds is 1. The van der Waals surface area contributed by atoms with E-state index in [1.165, 1.54) is 6.08 Å². The van der Waals surface area contributed by atoms with Crippen molar-refractivity contribution in [2.75, 3.05) is 13.2 Å². The smallest absolute Gasteiger partial charge is 0.408 e. The number of hydrogen-bond donors (Lipinski definition) is 2. The molecular formula is C29H34F2N4O7. The second-order valence-electron chi connectivity index (χ2n) is 11.9. The van der Waals surface area contributed by atoms with Crippen molar-refractivity contribution in [2.24, 2.45) is 5.41 Å². The second kappa shape index (κ2) is 11.4. The van der Waals surface area contributed by atoms with E-state index in [0.29, 0.717) is 30.9 Å². The third-order valence-corrected chi connectivity index (χ3v) is 7.72. The fraction of sp³-hybridized carbons (Fsp3) is 0.552. The van der Waals surface area contributed by atoms with Crippen LogP contribution in [0.5, 0.6) is 5.88 Å². The average Bonchev–Trinajstić information content (AvgIpc) is 3.55. The molecule has 13 heteroatoms. The Bertz CT molecular complexity index is 1400. The molecule has 5 atom stereocenters. The number of amides is 2. The molecule has 42 heavy (non-hydrogen) atoms. The maximum absolute atomic E-state index is 15.6. The predicted octanol–water partition coefficient (Wildman–Crippen LogP) is 3.80. The Hall–Kier alpha value is -3.87. The summed E-state index contributed by atoms with van der Waals surface area (Å²) in [4.78, 5) is 48.5. The Kier molecular flexibility index (Phi) is 8.06. The number of allylic oxidation sites excluding steroid dienone is 1. The summed E-state index contributed by atoms with van der Waals surface area (Å²) in [5, 5.41) is 12.6. The summed E-state index contributed by atoms with van der Waals surface area (Å²) in [5.74, 6) is -6.03. The Balaban J connectivity index is 1.56. The summed E-state index contributed by atoms with van der Waals surface area (Å²) in [5.41, 5.74) is -1.02. The van der Waals surface area contributed by atoms with Gasteiger partial charge in [-0.15, -0.1) is 0 Å². The number of aliphatic carboxylic acids is 1. The van der Waals surface area contributed by atoms with Crippen LogP contribution in [-0.2, 0) is 25.0 Å². The van der Waals surface area contributed by atoms with Gasteiger partial charge in [0.05, 0.1) is 30.3 Å². The van der Waals surface area contributed by atoms with Crippen molar-refractivity contribution in [3.05, 3.63) is 42.1 Å². The minimum atomic E-state index is -3.62. The predicted molar refractivity (Wildman–Crippen MR) is 145 cm³/mol. The Morgan fingerprint density at radius 1 is 1.10 bits per heavy atom. The summed E-state index contributed by atoms with van der Waals surface area (Å²) >= 11 is 0. The zero-order valence-electron chi connectivity index (χ0n) is 23.6. The first-order chi connectivity index (χ1) is 19.8. The number of aromatic nitrogens is 2. The highest BCUT2D eigenvalue weighted by molar-refractivity contribution is 5.90. The zero-order chi connectivity index (χ0) is 30.2. The standard InChI is InChI=1S/C29H34F2N4O7/c1-28(2,3)23-25(36)35-15-16(14-19(35)26(37)38)41-24-22(32-17-8-4-5-9-18(17)33-24)29(30,31)12-7-13-40-20-10-6-11-21(20)42-27(39)34-23/h4-5,7-9,12,16,19-21,23H,6,10-11,13-15H2,1-3H3,(H,34,39)(H,37,38)/b12-7-/t16-,19+,20-,21-,23-/m1/s1. The van der Waals surface area contributed by atoms with Gasteiger partial charge in [0, 0.05) is 6.42 Å². The molecule has 3 aliphatic rings. The van der Waals surface area contributed by atoms with Crippen LogP contribution in [0.1, 0.15) is 52.1 Å². The van der Waals surface area contributed by atoms with Gasteiger partial charge in [0.15, 0.2) is 5.69 Å². The lowest BCUT2D eigenvalue weighted by Crippen LogP contribution is -2.57.